The number of carbonyl (C=O) groups excluding carboxylic acids is 4. The average molecular weight is 715 g/mol. The standard InChI is InChI=1S/C47H58N2O4/c1-6-8-10-12-14-16-18-20-30(21-19-17-15-13-11-9-7-2)48-43(50)35-26-22-31-33-24-28-37-42-38(46(53)49(45(37)52)47(3,4)5)29-25-34(40(33)42)32-23-27-36(44(48)51)41(35)39(31)32/h22-30,35,37H,6-21H2,1-5H3. The molecule has 2 atom stereocenters. The van der Waals surface area contributed by atoms with Crippen LogP contribution in [0.1, 0.15) is 192 Å². The highest BCUT2D eigenvalue weighted by Crippen LogP contribution is 2.51. The van der Waals surface area contributed by atoms with E-state index in [9.17, 15) is 19.2 Å². The molecule has 0 bridgehead atoms. The van der Waals surface area contributed by atoms with Gasteiger partial charge in [0.25, 0.3) is 11.8 Å². The zero-order valence-corrected chi connectivity index (χ0v) is 32.7. The largest absolute Gasteiger partial charge is 0.275 e. The summed E-state index contributed by atoms with van der Waals surface area (Å²) in [4.78, 5) is 60.0. The highest BCUT2D eigenvalue weighted by Gasteiger charge is 2.47. The number of benzene rings is 3. The molecule has 53 heavy (non-hydrogen) atoms. The molecule has 4 amide bonds. The van der Waals surface area contributed by atoms with Crippen LogP contribution in [0.15, 0.2) is 36.4 Å². The summed E-state index contributed by atoms with van der Waals surface area (Å²) in [6.45, 7) is 10.2. The molecular weight excluding hydrogens is 657 g/mol. The number of rotatable bonds is 17. The lowest BCUT2D eigenvalue weighted by atomic mass is 9.72. The Balaban J connectivity index is 1.24. The van der Waals surface area contributed by atoms with E-state index in [1.165, 1.54) is 69.1 Å². The topological polar surface area (TPSA) is 74.8 Å². The van der Waals surface area contributed by atoms with Gasteiger partial charge < -0.3 is 0 Å². The second kappa shape index (κ2) is 15.4. The van der Waals surface area contributed by atoms with Gasteiger partial charge in [0.05, 0.1) is 11.8 Å². The molecule has 2 aliphatic heterocycles. The molecule has 2 heterocycles. The van der Waals surface area contributed by atoms with Gasteiger partial charge in [0.1, 0.15) is 0 Å². The van der Waals surface area contributed by atoms with Crippen molar-refractivity contribution in [1.29, 1.82) is 0 Å². The van der Waals surface area contributed by atoms with E-state index in [4.69, 9.17) is 0 Å². The summed E-state index contributed by atoms with van der Waals surface area (Å²) in [7, 11) is 0. The fraction of sp³-hybridized carbons (Fsp3) is 0.532. The van der Waals surface area contributed by atoms with Crippen molar-refractivity contribution in [2.45, 2.75) is 161 Å². The molecule has 280 valence electrons. The van der Waals surface area contributed by atoms with Crippen molar-refractivity contribution in [3.8, 4) is 0 Å². The lowest BCUT2D eigenvalue weighted by molar-refractivity contribution is -0.133. The molecule has 0 N–H and O–H groups in total. The van der Waals surface area contributed by atoms with E-state index in [0.717, 1.165) is 82.3 Å². The molecule has 4 aliphatic rings. The van der Waals surface area contributed by atoms with Crippen molar-refractivity contribution in [3.05, 3.63) is 69.8 Å². The van der Waals surface area contributed by atoms with Crippen molar-refractivity contribution in [3.63, 3.8) is 0 Å². The van der Waals surface area contributed by atoms with Gasteiger partial charge in [0.15, 0.2) is 0 Å². The molecule has 3 aromatic carbocycles. The number of imide groups is 2. The number of hydrogen-bond acceptors (Lipinski definition) is 4. The lowest BCUT2D eigenvalue weighted by Crippen LogP contribution is -2.54. The van der Waals surface area contributed by atoms with Crippen LogP contribution in [-0.2, 0) is 9.59 Å². The molecule has 6 heteroatoms. The quantitative estimate of drug-likeness (QED) is 0.0792. The molecule has 0 saturated heterocycles. The molecule has 0 aromatic heterocycles. The van der Waals surface area contributed by atoms with Crippen LogP contribution in [-0.4, -0.2) is 45.0 Å². The van der Waals surface area contributed by atoms with Crippen molar-refractivity contribution < 1.29 is 19.2 Å². The summed E-state index contributed by atoms with van der Waals surface area (Å²) in [6, 6.07) is 7.75. The highest BCUT2D eigenvalue weighted by molar-refractivity contribution is 6.26. The van der Waals surface area contributed by atoms with Gasteiger partial charge in [-0.3, -0.25) is 29.0 Å². The second-order valence-electron chi connectivity index (χ2n) is 17.0. The molecular formula is C47H58N2O4. The number of hydrogen-bond donors (Lipinski definition) is 0. The number of unbranched alkanes of at least 4 members (excludes halogenated alkanes) is 12. The van der Waals surface area contributed by atoms with E-state index in [2.05, 4.69) is 19.9 Å². The van der Waals surface area contributed by atoms with E-state index in [1.54, 1.807) is 4.90 Å². The zero-order valence-electron chi connectivity index (χ0n) is 32.7. The van der Waals surface area contributed by atoms with Gasteiger partial charge in [-0.05, 0) is 89.5 Å². The van der Waals surface area contributed by atoms with Gasteiger partial charge in [0, 0.05) is 22.7 Å². The maximum absolute atomic E-state index is 14.6. The van der Waals surface area contributed by atoms with Crippen molar-refractivity contribution in [2.75, 3.05) is 0 Å². The monoisotopic (exact) mass is 714 g/mol. The molecule has 0 saturated carbocycles. The maximum atomic E-state index is 14.6. The fourth-order valence-corrected chi connectivity index (χ4v) is 9.69. The van der Waals surface area contributed by atoms with Crippen LogP contribution in [0, 0.1) is 0 Å². The summed E-state index contributed by atoms with van der Waals surface area (Å²) in [5.74, 6) is -1.77. The van der Waals surface area contributed by atoms with Gasteiger partial charge in [-0.1, -0.05) is 140 Å². The van der Waals surface area contributed by atoms with Crippen LogP contribution in [0.5, 0.6) is 0 Å². The zero-order chi connectivity index (χ0) is 37.4. The number of nitrogens with zero attached hydrogens (tertiary/aromatic N) is 2. The van der Waals surface area contributed by atoms with Crippen LogP contribution < -0.4 is 0 Å². The van der Waals surface area contributed by atoms with Crippen LogP contribution in [0.4, 0.5) is 0 Å². The third-order valence-corrected chi connectivity index (χ3v) is 12.3. The number of carbonyl (C=O) groups is 4. The van der Waals surface area contributed by atoms with Crippen LogP contribution >= 0.6 is 0 Å². The Kier molecular flexibility index (Phi) is 10.8. The normalized spacial score (nSPS) is 18.8. The minimum Gasteiger partial charge on any atom is -0.275 e. The lowest BCUT2D eigenvalue weighted by Gasteiger charge is -2.41. The smallest absolute Gasteiger partial charge is 0.261 e. The first-order valence-corrected chi connectivity index (χ1v) is 20.8. The van der Waals surface area contributed by atoms with E-state index in [0.29, 0.717) is 11.1 Å². The first-order valence-electron chi connectivity index (χ1n) is 20.8. The highest BCUT2D eigenvalue weighted by atomic mass is 16.2. The van der Waals surface area contributed by atoms with E-state index >= 15 is 0 Å². The molecule has 6 nitrogen and oxygen atoms in total. The Morgan fingerprint density at radius 2 is 1.00 bits per heavy atom. The van der Waals surface area contributed by atoms with Crippen LogP contribution in [0.3, 0.4) is 0 Å². The summed E-state index contributed by atoms with van der Waals surface area (Å²) < 4.78 is 0. The Morgan fingerprint density at radius 3 is 1.47 bits per heavy atom. The Hall–Kier alpha value is -4.06. The van der Waals surface area contributed by atoms with Crippen molar-refractivity contribution in [1.82, 2.24) is 9.80 Å². The van der Waals surface area contributed by atoms with Crippen molar-refractivity contribution >= 4 is 57.3 Å². The third-order valence-electron chi connectivity index (χ3n) is 12.3. The van der Waals surface area contributed by atoms with Gasteiger partial charge in [-0.2, -0.15) is 0 Å². The molecule has 0 radical (unpaired) electrons. The summed E-state index contributed by atoms with van der Waals surface area (Å²) in [5.41, 5.74) is 4.05. The summed E-state index contributed by atoms with van der Waals surface area (Å²) >= 11 is 0. The van der Waals surface area contributed by atoms with Crippen molar-refractivity contribution in [2.24, 2.45) is 0 Å². The van der Waals surface area contributed by atoms with Crippen LogP contribution in [0.25, 0.3) is 33.7 Å². The number of fused-ring (bicyclic) bond motifs is 2. The minimum absolute atomic E-state index is 0.0909. The minimum atomic E-state index is -0.643. The first-order chi connectivity index (χ1) is 25.6. The second-order valence-corrected chi connectivity index (χ2v) is 17.0. The van der Waals surface area contributed by atoms with Crippen LogP contribution in [0.2, 0.25) is 0 Å². The molecule has 7 rings (SSSR count). The predicted octanol–water partition coefficient (Wildman–Crippen LogP) is 11.6. The average Bonchev–Trinajstić information content (AvgIpc) is 3.13. The first kappa shape index (κ1) is 37.3. The third kappa shape index (κ3) is 6.59. The predicted molar refractivity (Wildman–Crippen MR) is 216 cm³/mol. The maximum Gasteiger partial charge on any atom is 0.261 e. The summed E-state index contributed by atoms with van der Waals surface area (Å²) in [5, 5.41) is 3.78. The fourth-order valence-electron chi connectivity index (χ4n) is 9.69. The molecule has 0 fully saturated rings. The van der Waals surface area contributed by atoms with E-state index in [1.807, 2.05) is 63.3 Å². The molecule has 2 unspecified atom stereocenters. The van der Waals surface area contributed by atoms with E-state index < -0.39 is 17.4 Å². The van der Waals surface area contributed by atoms with E-state index in [-0.39, 0.29) is 29.7 Å². The Labute approximate surface area is 316 Å². The Morgan fingerprint density at radius 1 is 0.566 bits per heavy atom. The van der Waals surface area contributed by atoms with Gasteiger partial charge >= 0.3 is 0 Å². The van der Waals surface area contributed by atoms with Gasteiger partial charge in [0.2, 0.25) is 11.8 Å². The molecule has 3 aromatic rings. The van der Waals surface area contributed by atoms with Gasteiger partial charge in [-0.25, -0.2) is 0 Å². The molecule has 2 aliphatic carbocycles. The van der Waals surface area contributed by atoms with Gasteiger partial charge in [-0.15, -0.1) is 0 Å². The molecule has 0 spiro atoms. The summed E-state index contributed by atoms with van der Waals surface area (Å²) in [6.07, 6.45) is 26.6. The SMILES string of the molecule is CCCCCCCCCC(CCCCCCCCC)N1C(=O)c2ccc3c4c(c5c6c7c(ccc63)C(=O)N(C(C)(C)C)C(=O)C7C=C5)C=CC(C1=O)c24. The number of amides is 4. The Bertz CT molecular complexity index is 1990.